The summed E-state index contributed by atoms with van der Waals surface area (Å²) in [6.45, 7) is 6.46. The smallest absolute Gasteiger partial charge is 0.235 e. The molecule has 2 aromatic rings. The molecule has 0 N–H and O–H groups in total. The standard InChI is InChI=1S/C22H26N2OS/c1-19(26-21-12-6-3-7-13-21)22(25)24-17-15-23(16-18-24)14-8-11-20-9-4-2-5-10-20/h2-13,19H,14-18H2,1H3/b11-8+/t19-/m0/s1. The molecule has 26 heavy (non-hydrogen) atoms. The average Bonchev–Trinajstić information content (AvgIpc) is 2.69. The molecule has 0 unspecified atom stereocenters. The van der Waals surface area contributed by atoms with Crippen molar-refractivity contribution in [3.8, 4) is 0 Å². The third-order valence-electron chi connectivity index (χ3n) is 4.56. The lowest BCUT2D eigenvalue weighted by Gasteiger charge is -2.35. The van der Waals surface area contributed by atoms with Crippen molar-refractivity contribution in [2.24, 2.45) is 0 Å². The van der Waals surface area contributed by atoms with Gasteiger partial charge < -0.3 is 4.90 Å². The SMILES string of the molecule is C[C@H](Sc1ccccc1)C(=O)N1CCN(C/C=C/c2ccccc2)CC1. The molecular weight excluding hydrogens is 340 g/mol. The molecular formula is C22H26N2OS. The van der Waals surface area contributed by atoms with Gasteiger partial charge in [-0.05, 0) is 24.6 Å². The van der Waals surface area contributed by atoms with Crippen molar-refractivity contribution in [1.82, 2.24) is 9.80 Å². The summed E-state index contributed by atoms with van der Waals surface area (Å²) >= 11 is 1.64. The monoisotopic (exact) mass is 366 g/mol. The molecule has 0 radical (unpaired) electrons. The molecule has 1 fully saturated rings. The summed E-state index contributed by atoms with van der Waals surface area (Å²) in [5.41, 5.74) is 1.23. The van der Waals surface area contributed by atoms with Gasteiger partial charge in [-0.1, -0.05) is 60.7 Å². The molecule has 2 aromatic carbocycles. The Morgan fingerprint density at radius 2 is 1.62 bits per heavy atom. The zero-order valence-corrected chi connectivity index (χ0v) is 16.1. The van der Waals surface area contributed by atoms with Gasteiger partial charge in [-0.25, -0.2) is 0 Å². The first-order valence-corrected chi connectivity index (χ1v) is 10.0. The Balaban J connectivity index is 1.42. The van der Waals surface area contributed by atoms with E-state index in [2.05, 4.69) is 53.5 Å². The number of amides is 1. The maximum absolute atomic E-state index is 12.7. The van der Waals surface area contributed by atoms with E-state index in [1.807, 2.05) is 36.1 Å². The van der Waals surface area contributed by atoms with Crippen molar-refractivity contribution >= 4 is 23.7 Å². The second kappa shape index (κ2) is 9.60. The van der Waals surface area contributed by atoms with Gasteiger partial charge in [0.15, 0.2) is 0 Å². The van der Waals surface area contributed by atoms with E-state index in [1.165, 1.54) is 5.56 Å². The Bertz CT molecular complexity index is 709. The van der Waals surface area contributed by atoms with Crippen LogP contribution < -0.4 is 0 Å². The zero-order chi connectivity index (χ0) is 18.2. The number of benzene rings is 2. The van der Waals surface area contributed by atoms with Gasteiger partial charge in [0.1, 0.15) is 0 Å². The second-order valence-electron chi connectivity index (χ2n) is 6.51. The van der Waals surface area contributed by atoms with Crippen LogP contribution in [0.1, 0.15) is 12.5 Å². The fourth-order valence-electron chi connectivity index (χ4n) is 3.06. The maximum Gasteiger partial charge on any atom is 0.235 e. The molecule has 0 spiro atoms. The van der Waals surface area contributed by atoms with Gasteiger partial charge in [0, 0.05) is 37.6 Å². The summed E-state index contributed by atoms with van der Waals surface area (Å²) < 4.78 is 0. The number of thioether (sulfide) groups is 1. The van der Waals surface area contributed by atoms with Crippen molar-refractivity contribution in [3.05, 3.63) is 72.3 Å². The lowest BCUT2D eigenvalue weighted by atomic mass is 10.2. The van der Waals surface area contributed by atoms with Gasteiger partial charge in [-0.3, -0.25) is 9.69 Å². The number of hydrogen-bond acceptors (Lipinski definition) is 3. The van der Waals surface area contributed by atoms with Crippen molar-refractivity contribution in [1.29, 1.82) is 0 Å². The molecule has 4 heteroatoms. The van der Waals surface area contributed by atoms with E-state index < -0.39 is 0 Å². The molecule has 0 bridgehead atoms. The quantitative estimate of drug-likeness (QED) is 0.721. The van der Waals surface area contributed by atoms with E-state index in [0.29, 0.717) is 0 Å². The van der Waals surface area contributed by atoms with Crippen molar-refractivity contribution in [2.45, 2.75) is 17.1 Å². The predicted molar refractivity (Wildman–Crippen MR) is 110 cm³/mol. The van der Waals surface area contributed by atoms with Crippen molar-refractivity contribution in [3.63, 3.8) is 0 Å². The molecule has 1 amide bonds. The fourth-order valence-corrected chi connectivity index (χ4v) is 4.04. The van der Waals surface area contributed by atoms with Gasteiger partial charge in [0.25, 0.3) is 0 Å². The van der Waals surface area contributed by atoms with E-state index in [9.17, 15) is 4.79 Å². The van der Waals surface area contributed by atoms with E-state index >= 15 is 0 Å². The number of carbonyl (C=O) groups is 1. The van der Waals surface area contributed by atoms with Gasteiger partial charge in [-0.2, -0.15) is 0 Å². The summed E-state index contributed by atoms with van der Waals surface area (Å²) in [4.78, 5) is 18.2. The Hall–Kier alpha value is -2.04. The van der Waals surface area contributed by atoms with Crippen LogP contribution in [0, 0.1) is 0 Å². The Morgan fingerprint density at radius 3 is 2.27 bits per heavy atom. The summed E-state index contributed by atoms with van der Waals surface area (Å²) in [5, 5.41) is -0.0399. The minimum absolute atomic E-state index is 0.0399. The van der Waals surface area contributed by atoms with Gasteiger partial charge in [0.05, 0.1) is 5.25 Å². The van der Waals surface area contributed by atoms with Crippen LogP contribution in [-0.2, 0) is 4.79 Å². The van der Waals surface area contributed by atoms with Gasteiger partial charge in [-0.15, -0.1) is 11.8 Å². The van der Waals surface area contributed by atoms with Crippen LogP contribution in [0.25, 0.3) is 6.08 Å². The summed E-state index contributed by atoms with van der Waals surface area (Å²) in [5.74, 6) is 0.248. The predicted octanol–water partition coefficient (Wildman–Crippen LogP) is 4.02. The largest absolute Gasteiger partial charge is 0.339 e. The van der Waals surface area contributed by atoms with E-state index in [-0.39, 0.29) is 11.2 Å². The first-order valence-electron chi connectivity index (χ1n) is 9.17. The maximum atomic E-state index is 12.7. The Morgan fingerprint density at radius 1 is 1.00 bits per heavy atom. The highest BCUT2D eigenvalue weighted by Gasteiger charge is 2.25. The van der Waals surface area contributed by atoms with E-state index in [1.54, 1.807) is 11.8 Å². The van der Waals surface area contributed by atoms with Gasteiger partial charge >= 0.3 is 0 Å². The van der Waals surface area contributed by atoms with Crippen LogP contribution in [0.3, 0.4) is 0 Å². The molecule has 0 aromatic heterocycles. The van der Waals surface area contributed by atoms with E-state index in [4.69, 9.17) is 0 Å². The molecule has 1 heterocycles. The van der Waals surface area contributed by atoms with Crippen LogP contribution in [-0.4, -0.2) is 53.7 Å². The lowest BCUT2D eigenvalue weighted by molar-refractivity contribution is -0.131. The minimum atomic E-state index is -0.0399. The Labute approximate surface area is 160 Å². The van der Waals surface area contributed by atoms with Crippen LogP contribution in [0.2, 0.25) is 0 Å². The number of carbonyl (C=O) groups excluding carboxylic acids is 1. The molecule has 1 aliphatic rings. The van der Waals surface area contributed by atoms with Gasteiger partial charge in [0.2, 0.25) is 5.91 Å². The molecule has 3 nitrogen and oxygen atoms in total. The highest BCUT2D eigenvalue weighted by atomic mass is 32.2. The normalized spacial score (nSPS) is 16.7. The highest BCUT2D eigenvalue weighted by molar-refractivity contribution is 8.00. The number of rotatable bonds is 6. The molecule has 0 aliphatic carbocycles. The highest BCUT2D eigenvalue weighted by Crippen LogP contribution is 2.24. The minimum Gasteiger partial charge on any atom is -0.339 e. The third-order valence-corrected chi connectivity index (χ3v) is 5.66. The zero-order valence-electron chi connectivity index (χ0n) is 15.3. The fraction of sp³-hybridized carbons (Fsp3) is 0.318. The number of nitrogens with zero attached hydrogens (tertiary/aromatic N) is 2. The molecule has 136 valence electrons. The first-order chi connectivity index (χ1) is 12.7. The van der Waals surface area contributed by atoms with Crippen molar-refractivity contribution < 1.29 is 4.79 Å². The van der Waals surface area contributed by atoms with Crippen LogP contribution in [0.15, 0.2) is 71.6 Å². The number of piperazine rings is 1. The summed E-state index contributed by atoms with van der Waals surface area (Å²) in [6, 6.07) is 20.5. The van der Waals surface area contributed by atoms with E-state index in [0.717, 1.165) is 37.6 Å². The Kier molecular flexibility index (Phi) is 6.92. The summed E-state index contributed by atoms with van der Waals surface area (Å²) in [6.07, 6.45) is 4.37. The molecule has 3 rings (SSSR count). The topological polar surface area (TPSA) is 23.6 Å². The van der Waals surface area contributed by atoms with Crippen LogP contribution in [0.4, 0.5) is 0 Å². The van der Waals surface area contributed by atoms with Crippen molar-refractivity contribution in [2.75, 3.05) is 32.7 Å². The average molecular weight is 367 g/mol. The molecule has 1 aliphatic heterocycles. The molecule has 1 atom stereocenters. The number of hydrogen-bond donors (Lipinski definition) is 0. The first kappa shape index (κ1) is 18.7. The second-order valence-corrected chi connectivity index (χ2v) is 7.93. The van der Waals surface area contributed by atoms with Crippen LogP contribution >= 0.6 is 11.8 Å². The molecule has 1 saturated heterocycles. The van der Waals surface area contributed by atoms with Crippen LogP contribution in [0.5, 0.6) is 0 Å². The molecule has 0 saturated carbocycles. The lowest BCUT2D eigenvalue weighted by Crippen LogP contribution is -2.50. The third kappa shape index (κ3) is 5.48. The summed E-state index contributed by atoms with van der Waals surface area (Å²) in [7, 11) is 0.